The lowest BCUT2D eigenvalue weighted by Gasteiger charge is -2.22. The van der Waals surface area contributed by atoms with E-state index in [1.165, 1.54) is 0 Å². The summed E-state index contributed by atoms with van der Waals surface area (Å²) in [4.78, 5) is 0. The van der Waals surface area contributed by atoms with Gasteiger partial charge in [0.25, 0.3) is 0 Å². The van der Waals surface area contributed by atoms with Crippen molar-refractivity contribution >= 4 is 8.32 Å². The zero-order chi connectivity index (χ0) is 12.0. The molecule has 0 bridgehead atoms. The largest absolute Gasteiger partial charge is 0.490 e. The Hall–Kier alpha value is -1.24. The Bertz CT molecular complexity index is 348. The number of rotatable bonds is 5. The molecule has 3 heteroatoms. The van der Waals surface area contributed by atoms with Gasteiger partial charge < -0.3 is 9.16 Å². The Morgan fingerprint density at radius 2 is 1.88 bits per heavy atom. The van der Waals surface area contributed by atoms with Crippen molar-refractivity contribution in [2.45, 2.75) is 25.7 Å². The lowest BCUT2D eigenvalue weighted by molar-refractivity contribution is 0.165. The normalized spacial score (nSPS) is 12.9. The lowest BCUT2D eigenvalue weighted by atomic mass is 10.3. The summed E-state index contributed by atoms with van der Waals surface area (Å²) in [6.45, 7) is 6.74. The Labute approximate surface area is 98.7 Å². The third-order valence-corrected chi connectivity index (χ3v) is 2.82. The summed E-state index contributed by atoms with van der Waals surface area (Å²) in [7, 11) is -1.60. The van der Waals surface area contributed by atoms with E-state index in [9.17, 15) is 0 Å². The van der Waals surface area contributed by atoms with Crippen LogP contribution in [-0.4, -0.2) is 21.0 Å². The second kappa shape index (κ2) is 5.74. The van der Waals surface area contributed by atoms with Crippen LogP contribution in [0.5, 0.6) is 5.75 Å². The summed E-state index contributed by atoms with van der Waals surface area (Å²) in [6.07, 6.45) is 5.15. The molecule has 16 heavy (non-hydrogen) atoms. The molecule has 0 amide bonds. The molecular weight excluding hydrogens is 216 g/mol. The Kier molecular flexibility index (Phi) is 4.60. The van der Waals surface area contributed by atoms with Crippen LogP contribution >= 0.6 is 0 Å². The first-order valence-electron chi connectivity index (χ1n) is 5.33. The second-order valence-corrected chi connectivity index (χ2v) is 8.97. The summed E-state index contributed by atoms with van der Waals surface area (Å²) < 4.78 is 11.3. The first-order chi connectivity index (χ1) is 7.51. The summed E-state index contributed by atoms with van der Waals surface area (Å²) >= 11 is 0. The average Bonchev–Trinajstić information content (AvgIpc) is 2.24. The molecule has 0 aliphatic carbocycles. The Morgan fingerprint density at radius 1 is 1.25 bits per heavy atom. The van der Waals surface area contributed by atoms with Crippen molar-refractivity contribution in [1.82, 2.24) is 0 Å². The van der Waals surface area contributed by atoms with E-state index in [1.807, 2.05) is 30.3 Å². The molecule has 0 radical (unpaired) electrons. The maximum Gasteiger partial charge on any atom is 0.185 e. The first-order valence-corrected chi connectivity index (χ1v) is 8.74. The molecule has 1 atom stereocenters. The molecule has 1 aromatic rings. The molecule has 1 unspecified atom stereocenters. The first kappa shape index (κ1) is 12.8. The van der Waals surface area contributed by atoms with E-state index in [4.69, 9.17) is 15.6 Å². The number of hydrogen-bond acceptors (Lipinski definition) is 2. The zero-order valence-electron chi connectivity index (χ0n) is 10.1. The van der Waals surface area contributed by atoms with Crippen LogP contribution in [0.2, 0.25) is 19.6 Å². The van der Waals surface area contributed by atoms with Crippen molar-refractivity contribution in [3.63, 3.8) is 0 Å². The molecule has 0 aliphatic heterocycles. The Balaban J connectivity index is 2.44. The van der Waals surface area contributed by atoms with E-state index in [0.29, 0.717) is 6.61 Å². The van der Waals surface area contributed by atoms with Gasteiger partial charge in [-0.3, -0.25) is 0 Å². The van der Waals surface area contributed by atoms with Gasteiger partial charge in [-0.2, -0.15) is 0 Å². The van der Waals surface area contributed by atoms with Gasteiger partial charge in [-0.25, -0.2) is 0 Å². The lowest BCUT2D eigenvalue weighted by Crippen LogP contribution is -2.34. The predicted octanol–water partition coefficient (Wildman–Crippen LogP) is 2.92. The van der Waals surface area contributed by atoms with E-state index < -0.39 is 8.32 Å². The standard InChI is InChI=1S/C13H18O2Si/c1-5-12(15-16(2,3)4)11-14-13-9-7-6-8-10-13/h1,6-10,12H,11H2,2-4H3. The molecule has 0 spiro atoms. The van der Waals surface area contributed by atoms with Crippen LogP contribution in [0.4, 0.5) is 0 Å². The van der Waals surface area contributed by atoms with Crippen molar-refractivity contribution in [3.8, 4) is 18.1 Å². The molecule has 2 nitrogen and oxygen atoms in total. The van der Waals surface area contributed by atoms with Gasteiger partial charge in [-0.15, -0.1) is 6.42 Å². The topological polar surface area (TPSA) is 18.5 Å². The predicted molar refractivity (Wildman–Crippen MR) is 69.0 cm³/mol. The third kappa shape index (κ3) is 5.01. The maximum atomic E-state index is 5.79. The highest BCUT2D eigenvalue weighted by molar-refractivity contribution is 6.69. The summed E-state index contributed by atoms with van der Waals surface area (Å²) in [5, 5.41) is 0. The fourth-order valence-corrected chi connectivity index (χ4v) is 2.22. The highest BCUT2D eigenvalue weighted by Crippen LogP contribution is 2.11. The van der Waals surface area contributed by atoms with Crippen molar-refractivity contribution < 1.29 is 9.16 Å². The molecule has 0 N–H and O–H groups in total. The van der Waals surface area contributed by atoms with Gasteiger partial charge in [0, 0.05) is 0 Å². The highest BCUT2D eigenvalue weighted by Gasteiger charge is 2.19. The number of ether oxygens (including phenoxy) is 1. The molecule has 0 aliphatic rings. The van der Waals surface area contributed by atoms with E-state index >= 15 is 0 Å². The van der Waals surface area contributed by atoms with Crippen LogP contribution < -0.4 is 4.74 Å². The van der Waals surface area contributed by atoms with Gasteiger partial charge in [-0.1, -0.05) is 24.1 Å². The van der Waals surface area contributed by atoms with Gasteiger partial charge in [0.1, 0.15) is 18.5 Å². The highest BCUT2D eigenvalue weighted by atomic mass is 28.4. The Morgan fingerprint density at radius 3 is 2.38 bits per heavy atom. The van der Waals surface area contributed by atoms with E-state index in [1.54, 1.807) is 0 Å². The summed E-state index contributed by atoms with van der Waals surface area (Å²) in [6, 6.07) is 9.62. The summed E-state index contributed by atoms with van der Waals surface area (Å²) in [5.74, 6) is 3.44. The van der Waals surface area contributed by atoms with Crippen LogP contribution in [0.3, 0.4) is 0 Å². The fraction of sp³-hybridized carbons (Fsp3) is 0.385. The SMILES string of the molecule is C#CC(COc1ccccc1)O[Si](C)(C)C. The van der Waals surface area contributed by atoms with Crippen molar-refractivity contribution in [2.75, 3.05) is 6.61 Å². The minimum Gasteiger partial charge on any atom is -0.490 e. The quantitative estimate of drug-likeness (QED) is 0.576. The molecule has 0 fully saturated rings. The number of hydrogen-bond donors (Lipinski definition) is 0. The van der Waals surface area contributed by atoms with Gasteiger partial charge in [0.15, 0.2) is 8.32 Å². The van der Waals surface area contributed by atoms with Crippen LogP contribution in [0.1, 0.15) is 0 Å². The number of para-hydroxylation sites is 1. The summed E-state index contributed by atoms with van der Waals surface area (Å²) in [5.41, 5.74) is 0. The molecule has 1 aromatic carbocycles. The van der Waals surface area contributed by atoms with E-state index in [2.05, 4.69) is 25.6 Å². The van der Waals surface area contributed by atoms with E-state index in [0.717, 1.165) is 5.75 Å². The molecule has 1 rings (SSSR count). The average molecular weight is 234 g/mol. The van der Waals surface area contributed by atoms with Crippen LogP contribution in [0.15, 0.2) is 30.3 Å². The third-order valence-electron chi connectivity index (χ3n) is 1.83. The van der Waals surface area contributed by atoms with Gasteiger partial charge in [0.2, 0.25) is 0 Å². The molecule has 0 heterocycles. The van der Waals surface area contributed by atoms with Crippen LogP contribution in [-0.2, 0) is 4.43 Å². The maximum absolute atomic E-state index is 5.79. The molecular formula is C13H18O2Si. The zero-order valence-corrected chi connectivity index (χ0v) is 11.1. The van der Waals surface area contributed by atoms with Gasteiger partial charge >= 0.3 is 0 Å². The molecule has 0 saturated heterocycles. The fourth-order valence-electron chi connectivity index (χ4n) is 1.23. The number of terminal acetylenes is 1. The number of benzene rings is 1. The van der Waals surface area contributed by atoms with E-state index in [-0.39, 0.29) is 6.10 Å². The molecule has 86 valence electrons. The second-order valence-electron chi connectivity index (χ2n) is 4.51. The van der Waals surface area contributed by atoms with Crippen molar-refractivity contribution in [3.05, 3.63) is 30.3 Å². The minimum absolute atomic E-state index is 0.258. The van der Waals surface area contributed by atoms with Crippen LogP contribution in [0.25, 0.3) is 0 Å². The minimum atomic E-state index is -1.60. The smallest absolute Gasteiger partial charge is 0.185 e. The van der Waals surface area contributed by atoms with Gasteiger partial charge in [0.05, 0.1) is 0 Å². The molecule has 0 aromatic heterocycles. The monoisotopic (exact) mass is 234 g/mol. The van der Waals surface area contributed by atoms with Gasteiger partial charge in [-0.05, 0) is 31.8 Å². The molecule has 0 saturated carbocycles. The van der Waals surface area contributed by atoms with Crippen LogP contribution in [0, 0.1) is 12.3 Å². The van der Waals surface area contributed by atoms with Crippen molar-refractivity contribution in [1.29, 1.82) is 0 Å². The van der Waals surface area contributed by atoms with Crippen molar-refractivity contribution in [2.24, 2.45) is 0 Å².